The molecule has 0 bridgehead atoms. The van der Waals surface area contributed by atoms with Gasteiger partial charge in [-0.1, -0.05) is 6.92 Å². The molecule has 3 nitrogen and oxygen atoms in total. The lowest BCUT2D eigenvalue weighted by molar-refractivity contribution is 0.324. The molecule has 0 fully saturated rings. The predicted molar refractivity (Wildman–Crippen MR) is 62.8 cm³/mol. The zero-order valence-corrected chi connectivity index (χ0v) is 10.3. The minimum absolute atomic E-state index is 0.804. The van der Waals surface area contributed by atoms with E-state index in [-0.39, 0.29) is 0 Å². The van der Waals surface area contributed by atoms with E-state index in [1.807, 2.05) is 14.0 Å². The Hall–Kier alpha value is -0.800. The highest BCUT2D eigenvalue weighted by atomic mass is 16.3. The normalized spacial score (nSPS) is 11.3. The van der Waals surface area contributed by atoms with Gasteiger partial charge in [-0.25, -0.2) is 0 Å². The second-order valence-electron chi connectivity index (χ2n) is 4.06. The average Bonchev–Trinajstić information content (AvgIpc) is 2.48. The third-order valence-corrected chi connectivity index (χ3v) is 2.47. The number of hydrogen-bond acceptors (Lipinski definition) is 3. The second kappa shape index (κ2) is 5.93. The van der Waals surface area contributed by atoms with E-state index in [0.29, 0.717) is 0 Å². The molecular formula is C12H22N2O. The van der Waals surface area contributed by atoms with Crippen LogP contribution in [-0.2, 0) is 13.1 Å². The summed E-state index contributed by atoms with van der Waals surface area (Å²) in [5.74, 6) is 2.07. The molecule has 0 aliphatic carbocycles. The van der Waals surface area contributed by atoms with Gasteiger partial charge in [-0.2, -0.15) is 0 Å². The van der Waals surface area contributed by atoms with Gasteiger partial charge in [0, 0.05) is 12.1 Å². The van der Waals surface area contributed by atoms with E-state index < -0.39 is 0 Å². The molecule has 86 valence electrons. The summed E-state index contributed by atoms with van der Waals surface area (Å²) in [6, 6.07) is 2.15. The molecule has 0 amide bonds. The molecule has 0 spiro atoms. The summed E-state index contributed by atoms with van der Waals surface area (Å²) >= 11 is 0. The van der Waals surface area contributed by atoms with Crippen LogP contribution in [0.2, 0.25) is 0 Å². The lowest BCUT2D eigenvalue weighted by Crippen LogP contribution is -2.18. The van der Waals surface area contributed by atoms with Crippen LogP contribution in [0.3, 0.4) is 0 Å². The highest BCUT2D eigenvalue weighted by Gasteiger charge is 2.08. The Morgan fingerprint density at radius 1 is 1.47 bits per heavy atom. The molecule has 0 aromatic carbocycles. The third-order valence-electron chi connectivity index (χ3n) is 2.47. The Balaban J connectivity index is 2.60. The van der Waals surface area contributed by atoms with Crippen LogP contribution >= 0.6 is 0 Å². The van der Waals surface area contributed by atoms with E-state index in [0.717, 1.165) is 31.2 Å². The van der Waals surface area contributed by atoms with Crippen molar-refractivity contribution in [2.75, 3.05) is 20.6 Å². The molecule has 0 aliphatic rings. The summed E-state index contributed by atoms with van der Waals surface area (Å²) in [6.07, 6.45) is 1.19. The van der Waals surface area contributed by atoms with Crippen LogP contribution in [0.5, 0.6) is 0 Å². The minimum Gasteiger partial charge on any atom is -0.465 e. The van der Waals surface area contributed by atoms with Crippen molar-refractivity contribution < 1.29 is 4.42 Å². The molecule has 0 saturated heterocycles. The highest BCUT2D eigenvalue weighted by Crippen LogP contribution is 2.16. The van der Waals surface area contributed by atoms with Crippen LogP contribution in [0.25, 0.3) is 0 Å². The van der Waals surface area contributed by atoms with Crippen LogP contribution in [0, 0.1) is 6.92 Å². The first-order chi connectivity index (χ1) is 7.17. The third kappa shape index (κ3) is 3.68. The average molecular weight is 210 g/mol. The van der Waals surface area contributed by atoms with E-state index in [2.05, 4.69) is 30.3 Å². The van der Waals surface area contributed by atoms with Crippen LogP contribution in [0.4, 0.5) is 0 Å². The van der Waals surface area contributed by atoms with Crippen LogP contribution in [-0.4, -0.2) is 25.5 Å². The van der Waals surface area contributed by atoms with Crippen LogP contribution in [0.1, 0.15) is 30.4 Å². The van der Waals surface area contributed by atoms with Crippen LogP contribution in [0.15, 0.2) is 10.5 Å². The fourth-order valence-electron chi connectivity index (χ4n) is 1.76. The maximum Gasteiger partial charge on any atom is 0.118 e. The van der Waals surface area contributed by atoms with Gasteiger partial charge in [0.05, 0.1) is 6.54 Å². The van der Waals surface area contributed by atoms with E-state index >= 15 is 0 Å². The van der Waals surface area contributed by atoms with Crippen molar-refractivity contribution in [3.8, 4) is 0 Å². The molecule has 0 atom stereocenters. The van der Waals surface area contributed by atoms with Crippen molar-refractivity contribution in [1.82, 2.24) is 10.2 Å². The Bertz CT molecular complexity index is 294. The van der Waals surface area contributed by atoms with E-state index in [1.165, 1.54) is 12.0 Å². The number of nitrogens with zero attached hydrogens (tertiary/aromatic N) is 1. The highest BCUT2D eigenvalue weighted by molar-refractivity contribution is 5.20. The van der Waals surface area contributed by atoms with E-state index in [1.54, 1.807) is 0 Å². The molecule has 1 rings (SSSR count). The summed E-state index contributed by atoms with van der Waals surface area (Å²) in [6.45, 7) is 7.15. The minimum atomic E-state index is 0.804. The van der Waals surface area contributed by atoms with Crippen molar-refractivity contribution in [2.24, 2.45) is 0 Å². The van der Waals surface area contributed by atoms with Crippen molar-refractivity contribution in [3.63, 3.8) is 0 Å². The number of hydrogen-bond donors (Lipinski definition) is 1. The first kappa shape index (κ1) is 12.3. The molecule has 0 unspecified atom stereocenters. The van der Waals surface area contributed by atoms with Crippen molar-refractivity contribution >= 4 is 0 Å². The van der Waals surface area contributed by atoms with Gasteiger partial charge < -0.3 is 14.6 Å². The second-order valence-corrected chi connectivity index (χ2v) is 4.06. The summed E-state index contributed by atoms with van der Waals surface area (Å²) in [4.78, 5) is 2.32. The lowest BCUT2D eigenvalue weighted by Gasteiger charge is -2.14. The van der Waals surface area contributed by atoms with Gasteiger partial charge in [0.1, 0.15) is 11.5 Å². The van der Waals surface area contributed by atoms with E-state index in [9.17, 15) is 0 Å². The largest absolute Gasteiger partial charge is 0.465 e. The summed E-state index contributed by atoms with van der Waals surface area (Å²) in [5, 5.41) is 3.10. The number of aryl methyl sites for hydroxylation is 1. The summed E-state index contributed by atoms with van der Waals surface area (Å²) in [5.41, 5.74) is 1.30. The molecule has 0 aliphatic heterocycles. The number of nitrogens with one attached hydrogen (secondary N) is 1. The monoisotopic (exact) mass is 210 g/mol. The van der Waals surface area contributed by atoms with Gasteiger partial charge in [-0.05, 0) is 40.1 Å². The zero-order chi connectivity index (χ0) is 11.3. The SMILES string of the molecule is CCCN(C)Cc1cc(CNC)oc1C. The fourth-order valence-corrected chi connectivity index (χ4v) is 1.76. The molecule has 0 radical (unpaired) electrons. The maximum atomic E-state index is 5.64. The molecule has 3 heteroatoms. The first-order valence-corrected chi connectivity index (χ1v) is 5.58. The van der Waals surface area contributed by atoms with Gasteiger partial charge in [0.25, 0.3) is 0 Å². The van der Waals surface area contributed by atoms with Crippen LogP contribution < -0.4 is 5.32 Å². The Morgan fingerprint density at radius 3 is 2.80 bits per heavy atom. The fraction of sp³-hybridized carbons (Fsp3) is 0.667. The summed E-state index contributed by atoms with van der Waals surface area (Å²) in [7, 11) is 4.08. The Morgan fingerprint density at radius 2 is 2.20 bits per heavy atom. The van der Waals surface area contributed by atoms with E-state index in [4.69, 9.17) is 4.42 Å². The zero-order valence-electron chi connectivity index (χ0n) is 10.3. The van der Waals surface area contributed by atoms with Gasteiger partial charge in [-0.3, -0.25) is 0 Å². The molecule has 0 saturated carbocycles. The number of rotatable bonds is 6. The van der Waals surface area contributed by atoms with Gasteiger partial charge in [-0.15, -0.1) is 0 Å². The molecule has 1 aromatic rings. The Kier molecular flexibility index (Phi) is 4.85. The Labute approximate surface area is 92.5 Å². The van der Waals surface area contributed by atoms with Gasteiger partial charge in [0.15, 0.2) is 0 Å². The van der Waals surface area contributed by atoms with Crippen molar-refractivity contribution in [2.45, 2.75) is 33.4 Å². The standard InChI is InChI=1S/C12H22N2O/c1-5-6-14(4)9-11-7-12(8-13-3)15-10(11)2/h7,13H,5-6,8-9H2,1-4H3. The van der Waals surface area contributed by atoms with Gasteiger partial charge >= 0.3 is 0 Å². The quantitative estimate of drug-likeness (QED) is 0.780. The lowest BCUT2D eigenvalue weighted by atomic mass is 10.2. The molecule has 1 aromatic heterocycles. The molecule has 1 heterocycles. The topological polar surface area (TPSA) is 28.4 Å². The maximum absolute atomic E-state index is 5.64. The molecular weight excluding hydrogens is 188 g/mol. The summed E-state index contributed by atoms with van der Waals surface area (Å²) < 4.78 is 5.64. The molecule has 15 heavy (non-hydrogen) atoms. The van der Waals surface area contributed by atoms with Crippen molar-refractivity contribution in [1.29, 1.82) is 0 Å². The number of furan rings is 1. The van der Waals surface area contributed by atoms with Gasteiger partial charge in [0.2, 0.25) is 0 Å². The first-order valence-electron chi connectivity index (χ1n) is 5.58. The van der Waals surface area contributed by atoms with Crippen molar-refractivity contribution in [3.05, 3.63) is 23.2 Å². The molecule has 1 N–H and O–H groups in total. The predicted octanol–water partition coefficient (Wildman–Crippen LogP) is 2.15. The smallest absolute Gasteiger partial charge is 0.118 e.